The van der Waals surface area contributed by atoms with Gasteiger partial charge in [0.2, 0.25) is 0 Å². The van der Waals surface area contributed by atoms with Gasteiger partial charge in [-0.25, -0.2) is 4.39 Å². The van der Waals surface area contributed by atoms with Crippen molar-refractivity contribution in [3.05, 3.63) is 53.5 Å². The summed E-state index contributed by atoms with van der Waals surface area (Å²) in [6, 6.07) is 4.75. The van der Waals surface area contributed by atoms with E-state index in [1.807, 2.05) is 4.57 Å². The van der Waals surface area contributed by atoms with E-state index in [0.717, 1.165) is 39.0 Å². The molecule has 2 heterocycles. The van der Waals surface area contributed by atoms with E-state index in [1.165, 1.54) is 17.0 Å². The highest BCUT2D eigenvalue weighted by Gasteiger charge is 2.42. The van der Waals surface area contributed by atoms with Crippen molar-refractivity contribution in [3.8, 4) is 6.07 Å². The number of alkyl halides is 3. The topological polar surface area (TPSA) is 32.0 Å². The van der Waals surface area contributed by atoms with Gasteiger partial charge in [0.1, 0.15) is 17.9 Å². The molecule has 1 aromatic heterocycles. The molecule has 1 aromatic carbocycles. The van der Waals surface area contributed by atoms with Crippen LogP contribution in [0.4, 0.5) is 17.6 Å². The zero-order chi connectivity index (χ0) is 21.5. The lowest BCUT2D eigenvalue weighted by Gasteiger charge is -2.36. The molecule has 0 saturated heterocycles. The zero-order valence-corrected chi connectivity index (χ0v) is 16.7. The van der Waals surface area contributed by atoms with E-state index in [-0.39, 0.29) is 12.6 Å². The minimum atomic E-state index is -4.41. The minimum Gasteiger partial charge on any atom is -0.354 e. The number of hydrogen-bond acceptors (Lipinski definition) is 2. The molecule has 0 amide bonds. The second-order valence-corrected chi connectivity index (χ2v) is 8.01. The van der Waals surface area contributed by atoms with Crippen LogP contribution in [0.25, 0.3) is 16.6 Å². The van der Waals surface area contributed by atoms with Gasteiger partial charge in [-0.1, -0.05) is 31.4 Å². The number of rotatable bonds is 3. The fraction of sp³-hybridized carbons (Fsp3) is 0.435. The first-order valence-electron chi connectivity index (χ1n) is 10.3. The van der Waals surface area contributed by atoms with Crippen molar-refractivity contribution >= 4 is 16.6 Å². The molecule has 4 rings (SSSR count). The van der Waals surface area contributed by atoms with E-state index >= 15 is 0 Å². The van der Waals surface area contributed by atoms with E-state index in [4.69, 9.17) is 0 Å². The Labute approximate surface area is 172 Å². The molecule has 7 heteroatoms. The Balaban J connectivity index is 1.98. The Morgan fingerprint density at radius 1 is 1.17 bits per heavy atom. The summed E-state index contributed by atoms with van der Waals surface area (Å²) in [6.45, 7) is 1.23. The van der Waals surface area contributed by atoms with Crippen LogP contribution >= 0.6 is 0 Å². The predicted molar refractivity (Wildman–Crippen MR) is 108 cm³/mol. The summed E-state index contributed by atoms with van der Waals surface area (Å²) in [5.74, 6) is -0.425. The standard InChI is InChI=1S/C23H23F4N3/c1-15(23(25,26)27)29-12-6-5-9-20(29)22-19(14-28)18-11-10-16(24)13-21(18)30(22)17-7-3-2-4-8-17/h5-6,9-11,13,15,17H,2-4,7-8,12H2,1H3/t15-/m0/s1. The van der Waals surface area contributed by atoms with Gasteiger partial charge in [0.15, 0.2) is 0 Å². The normalized spacial score (nSPS) is 19.1. The third-order valence-electron chi connectivity index (χ3n) is 6.20. The van der Waals surface area contributed by atoms with Gasteiger partial charge in [-0.3, -0.25) is 0 Å². The maximum Gasteiger partial charge on any atom is 0.408 e. The van der Waals surface area contributed by atoms with Crippen LogP contribution in [-0.4, -0.2) is 28.2 Å². The van der Waals surface area contributed by atoms with Crippen LogP contribution in [0.2, 0.25) is 0 Å². The molecule has 158 valence electrons. The SMILES string of the molecule is C[C@H](N1CC=CC=C1c1c(C#N)c2ccc(F)cc2n1C1CCCCC1)C(F)(F)F. The van der Waals surface area contributed by atoms with Crippen LogP contribution in [0.5, 0.6) is 0 Å². The molecular formula is C23H23F4N3. The molecule has 1 saturated carbocycles. The van der Waals surface area contributed by atoms with E-state index in [9.17, 15) is 22.8 Å². The van der Waals surface area contributed by atoms with Crippen molar-refractivity contribution in [3.63, 3.8) is 0 Å². The largest absolute Gasteiger partial charge is 0.408 e. The van der Waals surface area contributed by atoms with Gasteiger partial charge in [-0.2, -0.15) is 18.4 Å². The second-order valence-electron chi connectivity index (χ2n) is 8.01. The highest BCUT2D eigenvalue weighted by Crippen LogP contribution is 2.41. The molecule has 1 aliphatic carbocycles. The van der Waals surface area contributed by atoms with E-state index in [1.54, 1.807) is 24.3 Å². The Hall–Kier alpha value is -2.75. The second kappa shape index (κ2) is 7.82. The first-order valence-corrected chi connectivity index (χ1v) is 10.3. The van der Waals surface area contributed by atoms with Crippen LogP contribution in [-0.2, 0) is 0 Å². The van der Waals surface area contributed by atoms with E-state index in [0.29, 0.717) is 27.9 Å². The van der Waals surface area contributed by atoms with Gasteiger partial charge in [-0.15, -0.1) is 0 Å². The van der Waals surface area contributed by atoms with Crippen molar-refractivity contribution in [2.45, 2.75) is 57.3 Å². The molecule has 30 heavy (non-hydrogen) atoms. The highest BCUT2D eigenvalue weighted by molar-refractivity contribution is 5.93. The van der Waals surface area contributed by atoms with E-state index < -0.39 is 18.0 Å². The van der Waals surface area contributed by atoms with Gasteiger partial charge in [0, 0.05) is 18.0 Å². The molecule has 1 atom stereocenters. The lowest BCUT2D eigenvalue weighted by molar-refractivity contribution is -0.169. The smallest absolute Gasteiger partial charge is 0.354 e. The Bertz CT molecular complexity index is 1050. The summed E-state index contributed by atoms with van der Waals surface area (Å²) < 4.78 is 56.9. The first-order chi connectivity index (χ1) is 14.3. The van der Waals surface area contributed by atoms with Crippen LogP contribution in [0.3, 0.4) is 0 Å². The van der Waals surface area contributed by atoms with Gasteiger partial charge in [-0.05, 0) is 44.0 Å². The molecule has 1 aliphatic heterocycles. The Morgan fingerprint density at radius 2 is 1.90 bits per heavy atom. The number of halogens is 4. The predicted octanol–water partition coefficient (Wildman–Crippen LogP) is 6.32. The number of allylic oxidation sites excluding steroid dienone is 2. The molecule has 0 N–H and O–H groups in total. The Kier molecular flexibility index (Phi) is 5.35. The molecular weight excluding hydrogens is 394 g/mol. The van der Waals surface area contributed by atoms with Crippen LogP contribution in [0, 0.1) is 17.1 Å². The van der Waals surface area contributed by atoms with Gasteiger partial charge < -0.3 is 9.47 Å². The van der Waals surface area contributed by atoms with Gasteiger partial charge in [0.05, 0.1) is 22.5 Å². The summed E-state index contributed by atoms with van der Waals surface area (Å²) in [5, 5.41) is 10.5. The monoisotopic (exact) mass is 417 g/mol. The summed E-state index contributed by atoms with van der Waals surface area (Å²) in [7, 11) is 0. The number of hydrogen-bond donors (Lipinski definition) is 0. The van der Waals surface area contributed by atoms with Crippen molar-refractivity contribution in [1.29, 1.82) is 5.26 Å². The molecule has 0 bridgehead atoms. The molecule has 2 aromatic rings. The zero-order valence-electron chi connectivity index (χ0n) is 16.7. The summed E-state index contributed by atoms with van der Waals surface area (Å²) >= 11 is 0. The summed E-state index contributed by atoms with van der Waals surface area (Å²) in [5.41, 5.74) is 1.70. The Morgan fingerprint density at radius 3 is 2.57 bits per heavy atom. The van der Waals surface area contributed by atoms with Crippen LogP contribution < -0.4 is 0 Å². The quantitative estimate of drug-likeness (QED) is 0.547. The third-order valence-corrected chi connectivity index (χ3v) is 6.20. The first kappa shape index (κ1) is 20.5. The van der Waals surface area contributed by atoms with Crippen LogP contribution in [0.1, 0.15) is 56.3 Å². The van der Waals surface area contributed by atoms with Crippen LogP contribution in [0.15, 0.2) is 36.4 Å². The van der Waals surface area contributed by atoms with Crippen molar-refractivity contribution in [1.82, 2.24) is 9.47 Å². The lowest BCUT2D eigenvalue weighted by atomic mass is 9.94. The van der Waals surface area contributed by atoms with Crippen molar-refractivity contribution in [2.75, 3.05) is 6.54 Å². The van der Waals surface area contributed by atoms with Crippen molar-refractivity contribution < 1.29 is 17.6 Å². The lowest BCUT2D eigenvalue weighted by Crippen LogP contribution is -2.43. The highest BCUT2D eigenvalue weighted by atomic mass is 19.4. The number of nitriles is 1. The number of nitrogens with zero attached hydrogens (tertiary/aromatic N) is 3. The third kappa shape index (κ3) is 3.49. The summed E-state index contributed by atoms with van der Waals surface area (Å²) in [6.07, 6.45) is 5.44. The maximum atomic E-state index is 14.2. The van der Waals surface area contributed by atoms with Gasteiger partial charge in [0.25, 0.3) is 0 Å². The molecule has 3 nitrogen and oxygen atoms in total. The van der Waals surface area contributed by atoms with Crippen molar-refractivity contribution in [2.24, 2.45) is 0 Å². The molecule has 2 aliphatic rings. The fourth-order valence-electron chi connectivity index (χ4n) is 4.65. The number of fused-ring (bicyclic) bond motifs is 1. The van der Waals surface area contributed by atoms with Gasteiger partial charge >= 0.3 is 6.18 Å². The number of aromatic nitrogens is 1. The average molecular weight is 417 g/mol. The molecule has 0 spiro atoms. The maximum absolute atomic E-state index is 14.2. The molecule has 1 fully saturated rings. The molecule has 0 unspecified atom stereocenters. The molecule has 0 radical (unpaired) electrons. The summed E-state index contributed by atoms with van der Waals surface area (Å²) in [4.78, 5) is 1.28. The minimum absolute atomic E-state index is 0.0231. The fourth-order valence-corrected chi connectivity index (χ4v) is 4.65. The van der Waals surface area contributed by atoms with E-state index in [2.05, 4.69) is 6.07 Å². The average Bonchev–Trinajstić information content (AvgIpc) is 3.06. The number of benzene rings is 1.